The van der Waals surface area contributed by atoms with Crippen molar-refractivity contribution in [2.45, 2.75) is 155 Å². The first-order chi connectivity index (χ1) is 25.3. The van der Waals surface area contributed by atoms with Gasteiger partial charge in [-0.05, 0) is 64.2 Å². The van der Waals surface area contributed by atoms with Gasteiger partial charge in [-0.1, -0.05) is 145 Å². The van der Waals surface area contributed by atoms with Crippen LogP contribution in [-0.2, 0) is 27.9 Å². The van der Waals surface area contributed by atoms with Gasteiger partial charge in [-0.2, -0.15) is 0 Å². The highest BCUT2D eigenvalue weighted by Crippen LogP contribution is 2.42. The number of hydrogen-bond acceptors (Lipinski definition) is 7. The number of amides is 1. The topological polar surface area (TPSA) is 131 Å². The number of esters is 1. The van der Waals surface area contributed by atoms with Crippen LogP contribution in [0.25, 0.3) is 0 Å². The molecule has 298 valence electrons. The first kappa shape index (κ1) is 49.5. The second kappa shape index (κ2) is 38.2. The number of nitrogens with one attached hydrogen (secondary N) is 1. The second-order valence-electron chi connectivity index (χ2n) is 12.9. The Morgan fingerprint density at radius 1 is 0.615 bits per heavy atom. The van der Waals surface area contributed by atoms with Gasteiger partial charge in [0.25, 0.3) is 0 Å². The molecule has 0 radical (unpaired) electrons. The molecule has 9 nitrogen and oxygen atoms in total. The normalized spacial score (nSPS) is 14.2. The summed E-state index contributed by atoms with van der Waals surface area (Å²) in [5, 5.41) is 12.6. The van der Waals surface area contributed by atoms with E-state index in [-0.39, 0.29) is 32.1 Å². The minimum Gasteiger partial charge on any atom is -0.463 e. The number of carbonyl (C=O) groups is 2. The van der Waals surface area contributed by atoms with Crippen LogP contribution in [0.4, 0.5) is 0 Å². The molecule has 0 rings (SSSR count). The molecule has 52 heavy (non-hydrogen) atoms. The lowest BCUT2D eigenvalue weighted by molar-refractivity contribution is -0.147. The molecule has 3 N–H and O–H groups in total. The number of carbonyl (C=O) groups excluding carboxylic acids is 2. The summed E-state index contributed by atoms with van der Waals surface area (Å²) in [4.78, 5) is 33.7. The molecular formula is C42H72NO8P. The molecule has 1 amide bonds. The number of aliphatic hydroxyl groups excluding tert-OH is 1. The van der Waals surface area contributed by atoms with Crippen molar-refractivity contribution in [3.8, 4) is 0 Å². The Labute approximate surface area is 316 Å². The zero-order chi connectivity index (χ0) is 38.2. The fourth-order valence-electron chi connectivity index (χ4n) is 4.91. The molecule has 0 heterocycles. The Hall–Kier alpha value is -2.55. The van der Waals surface area contributed by atoms with Gasteiger partial charge in [0.05, 0.1) is 13.2 Å². The Balaban J connectivity index is 3.73. The third-order valence-corrected chi connectivity index (χ3v) is 8.89. The minimum absolute atomic E-state index is 0.0742. The van der Waals surface area contributed by atoms with Crippen LogP contribution < -0.4 is 5.32 Å². The van der Waals surface area contributed by atoms with E-state index in [2.05, 4.69) is 92.1 Å². The molecule has 0 aliphatic rings. The molecule has 10 heteroatoms. The van der Waals surface area contributed by atoms with E-state index in [1.165, 1.54) is 44.9 Å². The van der Waals surface area contributed by atoms with Gasteiger partial charge in [0.2, 0.25) is 5.91 Å². The quantitative estimate of drug-likeness (QED) is 0.0250. The lowest BCUT2D eigenvalue weighted by Crippen LogP contribution is -2.27. The smallest absolute Gasteiger partial charge is 0.463 e. The average Bonchev–Trinajstić information content (AvgIpc) is 3.13. The lowest BCUT2D eigenvalue weighted by atomic mass is 10.1. The van der Waals surface area contributed by atoms with Crippen molar-refractivity contribution in [2.75, 3.05) is 26.4 Å². The molecule has 0 spiro atoms. The van der Waals surface area contributed by atoms with Crippen LogP contribution >= 0.6 is 7.82 Å². The van der Waals surface area contributed by atoms with E-state index in [1.807, 2.05) is 0 Å². The fraction of sp³-hybridized carbons (Fsp3) is 0.667. The van der Waals surface area contributed by atoms with Crippen LogP contribution in [0.2, 0.25) is 0 Å². The maximum absolute atomic E-state index is 12.0. The fourth-order valence-corrected chi connectivity index (χ4v) is 5.67. The van der Waals surface area contributed by atoms with Gasteiger partial charge in [0.1, 0.15) is 12.7 Å². The number of phosphoric ester groups is 1. The van der Waals surface area contributed by atoms with E-state index >= 15 is 0 Å². The molecular weight excluding hydrogens is 677 g/mol. The number of hydrogen-bond donors (Lipinski definition) is 3. The molecule has 0 aromatic carbocycles. The highest BCUT2D eigenvalue weighted by Gasteiger charge is 2.23. The van der Waals surface area contributed by atoms with Crippen LogP contribution in [0.5, 0.6) is 0 Å². The van der Waals surface area contributed by atoms with Crippen molar-refractivity contribution in [3.05, 3.63) is 72.9 Å². The van der Waals surface area contributed by atoms with E-state index in [0.717, 1.165) is 70.6 Å². The number of allylic oxidation sites excluding steroid dienone is 12. The summed E-state index contributed by atoms with van der Waals surface area (Å²) in [6.07, 6.45) is 45.5. The van der Waals surface area contributed by atoms with Crippen LogP contribution in [-0.4, -0.2) is 54.3 Å². The van der Waals surface area contributed by atoms with Gasteiger partial charge in [-0.3, -0.25) is 18.6 Å². The number of aliphatic hydroxyl groups is 1. The molecule has 0 aromatic rings. The molecule has 0 aliphatic carbocycles. The third-order valence-electron chi connectivity index (χ3n) is 7.90. The van der Waals surface area contributed by atoms with Gasteiger partial charge < -0.3 is 20.1 Å². The van der Waals surface area contributed by atoms with Gasteiger partial charge in [-0.15, -0.1) is 0 Å². The first-order valence-corrected chi connectivity index (χ1v) is 21.4. The van der Waals surface area contributed by atoms with E-state index in [9.17, 15) is 24.2 Å². The Bertz CT molecular complexity index is 1080. The predicted molar refractivity (Wildman–Crippen MR) is 215 cm³/mol. The number of ether oxygens (including phenoxy) is 1. The van der Waals surface area contributed by atoms with Gasteiger partial charge in [0, 0.05) is 19.4 Å². The molecule has 0 saturated heterocycles. The molecule has 2 atom stereocenters. The van der Waals surface area contributed by atoms with Crippen molar-refractivity contribution in [1.29, 1.82) is 0 Å². The SMILES string of the molecule is CC/C=C\C/C=C\C/C=C\C/C=C\C/C=C\C/C=C\CCCCC(=O)OCC(O)COP(=O)(O)OCCNC(=O)CCCCCCCCCCCC. The summed E-state index contributed by atoms with van der Waals surface area (Å²) < 4.78 is 26.7. The highest BCUT2D eigenvalue weighted by molar-refractivity contribution is 7.47. The zero-order valence-electron chi connectivity index (χ0n) is 32.5. The van der Waals surface area contributed by atoms with Crippen molar-refractivity contribution in [2.24, 2.45) is 0 Å². The van der Waals surface area contributed by atoms with E-state index in [0.29, 0.717) is 12.8 Å². The van der Waals surface area contributed by atoms with Crippen LogP contribution in [0.1, 0.15) is 149 Å². The summed E-state index contributed by atoms with van der Waals surface area (Å²) in [5.74, 6) is -0.568. The molecule has 0 bridgehead atoms. The Morgan fingerprint density at radius 2 is 1.10 bits per heavy atom. The summed E-state index contributed by atoms with van der Waals surface area (Å²) in [6, 6.07) is 0. The minimum atomic E-state index is -4.42. The molecule has 0 aliphatic heterocycles. The van der Waals surface area contributed by atoms with Gasteiger partial charge in [0.15, 0.2) is 0 Å². The van der Waals surface area contributed by atoms with Crippen LogP contribution in [0.3, 0.4) is 0 Å². The Morgan fingerprint density at radius 3 is 1.63 bits per heavy atom. The van der Waals surface area contributed by atoms with Gasteiger partial charge in [-0.25, -0.2) is 4.57 Å². The van der Waals surface area contributed by atoms with Crippen molar-refractivity contribution in [3.63, 3.8) is 0 Å². The molecule has 2 unspecified atom stereocenters. The first-order valence-electron chi connectivity index (χ1n) is 19.9. The zero-order valence-corrected chi connectivity index (χ0v) is 33.4. The predicted octanol–water partition coefficient (Wildman–Crippen LogP) is 10.7. The summed E-state index contributed by atoms with van der Waals surface area (Å²) in [5.41, 5.74) is 0. The second-order valence-corrected chi connectivity index (χ2v) is 14.3. The van der Waals surface area contributed by atoms with Crippen LogP contribution in [0, 0.1) is 0 Å². The lowest BCUT2D eigenvalue weighted by Gasteiger charge is -2.15. The molecule has 0 saturated carbocycles. The van der Waals surface area contributed by atoms with Crippen LogP contribution in [0.15, 0.2) is 72.9 Å². The highest BCUT2D eigenvalue weighted by atomic mass is 31.2. The molecule has 0 fully saturated rings. The van der Waals surface area contributed by atoms with Gasteiger partial charge >= 0.3 is 13.8 Å². The number of rotatable bonds is 36. The summed E-state index contributed by atoms with van der Waals surface area (Å²) in [6.45, 7) is 3.35. The largest absolute Gasteiger partial charge is 0.472 e. The number of unbranched alkanes of at least 4 members (excludes halogenated alkanes) is 11. The summed E-state index contributed by atoms with van der Waals surface area (Å²) >= 11 is 0. The van der Waals surface area contributed by atoms with Crippen molar-refractivity contribution >= 4 is 19.7 Å². The van der Waals surface area contributed by atoms with Crippen molar-refractivity contribution < 1.29 is 37.9 Å². The maximum atomic E-state index is 12.0. The van der Waals surface area contributed by atoms with E-state index in [1.54, 1.807) is 0 Å². The maximum Gasteiger partial charge on any atom is 0.472 e. The third kappa shape index (κ3) is 38.7. The van der Waals surface area contributed by atoms with Crippen molar-refractivity contribution in [1.82, 2.24) is 5.32 Å². The average molecular weight is 750 g/mol. The standard InChI is InChI=1S/C42H72NO8P/c1-3-5-7-9-11-13-15-16-17-18-19-20-21-22-23-24-25-27-29-31-33-35-42(46)49-38-40(44)39-51-52(47,48)50-37-36-43-41(45)34-32-30-28-26-14-12-10-8-6-4-2/h5,7,11,13,16-17,19-20,22-23,25,27,40,44H,3-4,6,8-10,12,14-15,18,21,24,26,28-39H2,1-2H3,(H,43,45)(H,47,48)/b7-5-,13-11-,17-16-,20-19-,23-22-,27-25-. The Kier molecular flexibility index (Phi) is 36.3. The van der Waals surface area contributed by atoms with E-state index in [4.69, 9.17) is 13.8 Å². The number of phosphoric acid groups is 1. The molecule has 0 aromatic heterocycles. The monoisotopic (exact) mass is 749 g/mol. The summed E-state index contributed by atoms with van der Waals surface area (Å²) in [7, 11) is -4.42. The van der Waals surface area contributed by atoms with E-state index < -0.39 is 26.5 Å².